The molecule has 1 aromatic heterocycles. The maximum Gasteiger partial charge on any atom is 0.228 e. The molecule has 0 bridgehead atoms. The molecule has 1 amide bonds. The Bertz CT molecular complexity index is 814. The highest BCUT2D eigenvalue weighted by molar-refractivity contribution is 7.91. The van der Waals surface area contributed by atoms with Gasteiger partial charge in [-0.3, -0.25) is 4.79 Å². The number of nitrogens with zero attached hydrogens (tertiary/aromatic N) is 2. The van der Waals surface area contributed by atoms with Gasteiger partial charge in [-0.1, -0.05) is 35.5 Å². The first kappa shape index (κ1) is 16.7. The van der Waals surface area contributed by atoms with Crippen LogP contribution in [-0.2, 0) is 21.1 Å². The summed E-state index contributed by atoms with van der Waals surface area (Å²) in [4.78, 5) is 14.2. The van der Waals surface area contributed by atoms with E-state index < -0.39 is 9.84 Å². The SMILES string of the molecule is CCN(C(=O)Cc1cc(-c2ccccc2)on1)C1CCS(=O)(=O)C1. The van der Waals surface area contributed by atoms with Gasteiger partial charge in [0.15, 0.2) is 15.6 Å². The average molecular weight is 348 g/mol. The van der Waals surface area contributed by atoms with Crippen molar-refractivity contribution in [1.29, 1.82) is 0 Å². The highest BCUT2D eigenvalue weighted by Crippen LogP contribution is 2.22. The van der Waals surface area contributed by atoms with Crippen LogP contribution in [0.25, 0.3) is 11.3 Å². The van der Waals surface area contributed by atoms with Gasteiger partial charge >= 0.3 is 0 Å². The lowest BCUT2D eigenvalue weighted by Crippen LogP contribution is -2.41. The molecule has 0 N–H and O–H groups in total. The summed E-state index contributed by atoms with van der Waals surface area (Å²) in [7, 11) is -3.02. The fourth-order valence-electron chi connectivity index (χ4n) is 3.05. The van der Waals surface area contributed by atoms with E-state index in [9.17, 15) is 13.2 Å². The first-order valence-corrected chi connectivity index (χ1v) is 9.81. The molecule has 0 spiro atoms. The Morgan fingerprint density at radius 3 is 2.71 bits per heavy atom. The third kappa shape index (κ3) is 3.67. The third-order valence-corrected chi connectivity index (χ3v) is 6.01. The van der Waals surface area contributed by atoms with Crippen molar-refractivity contribution in [3.05, 3.63) is 42.1 Å². The van der Waals surface area contributed by atoms with Gasteiger partial charge < -0.3 is 9.42 Å². The molecule has 2 aromatic rings. The second-order valence-electron chi connectivity index (χ2n) is 5.96. The van der Waals surface area contributed by atoms with E-state index in [0.717, 1.165) is 5.56 Å². The average Bonchev–Trinajstić information content (AvgIpc) is 3.16. The molecule has 2 heterocycles. The molecule has 1 saturated heterocycles. The number of hydrogen-bond donors (Lipinski definition) is 0. The van der Waals surface area contributed by atoms with Gasteiger partial charge in [-0.05, 0) is 13.3 Å². The molecule has 1 aliphatic rings. The van der Waals surface area contributed by atoms with E-state index in [-0.39, 0.29) is 29.9 Å². The van der Waals surface area contributed by atoms with Crippen LogP contribution < -0.4 is 0 Å². The lowest BCUT2D eigenvalue weighted by molar-refractivity contribution is -0.132. The Balaban J connectivity index is 1.69. The molecule has 0 aliphatic carbocycles. The van der Waals surface area contributed by atoms with Crippen molar-refractivity contribution in [3.8, 4) is 11.3 Å². The Morgan fingerprint density at radius 2 is 2.08 bits per heavy atom. The number of rotatable bonds is 5. The van der Waals surface area contributed by atoms with Crippen molar-refractivity contribution in [3.63, 3.8) is 0 Å². The Labute approximate surface area is 141 Å². The van der Waals surface area contributed by atoms with E-state index in [1.807, 2.05) is 37.3 Å². The Hall–Kier alpha value is -2.15. The number of aromatic nitrogens is 1. The number of likely N-dealkylation sites (N-methyl/N-ethyl adjacent to an activating group) is 1. The fourth-order valence-corrected chi connectivity index (χ4v) is 4.78. The van der Waals surface area contributed by atoms with Crippen LogP contribution in [-0.4, -0.2) is 48.5 Å². The molecule has 6 nitrogen and oxygen atoms in total. The van der Waals surface area contributed by atoms with Crippen LogP contribution in [0.3, 0.4) is 0 Å². The topological polar surface area (TPSA) is 80.5 Å². The number of carbonyl (C=O) groups is 1. The molecule has 0 radical (unpaired) electrons. The third-order valence-electron chi connectivity index (χ3n) is 4.26. The van der Waals surface area contributed by atoms with Crippen molar-refractivity contribution in [2.75, 3.05) is 18.1 Å². The maximum atomic E-state index is 12.5. The molecule has 7 heteroatoms. The van der Waals surface area contributed by atoms with Crippen LogP contribution >= 0.6 is 0 Å². The number of amides is 1. The monoisotopic (exact) mass is 348 g/mol. The summed E-state index contributed by atoms with van der Waals surface area (Å²) < 4.78 is 28.6. The van der Waals surface area contributed by atoms with E-state index in [1.54, 1.807) is 11.0 Å². The van der Waals surface area contributed by atoms with Crippen LogP contribution in [0.4, 0.5) is 0 Å². The Kier molecular flexibility index (Phi) is 4.71. The first-order chi connectivity index (χ1) is 11.5. The molecule has 1 aliphatic heterocycles. The van der Waals surface area contributed by atoms with Gasteiger partial charge in [0.2, 0.25) is 5.91 Å². The molecule has 24 heavy (non-hydrogen) atoms. The number of hydrogen-bond acceptors (Lipinski definition) is 5. The van der Waals surface area contributed by atoms with Crippen LogP contribution in [0.15, 0.2) is 40.9 Å². The molecule has 1 unspecified atom stereocenters. The van der Waals surface area contributed by atoms with Crippen molar-refractivity contribution in [1.82, 2.24) is 10.1 Å². The molecule has 1 fully saturated rings. The molecule has 128 valence electrons. The van der Waals surface area contributed by atoms with Gasteiger partial charge in [0.1, 0.15) is 0 Å². The zero-order chi connectivity index (χ0) is 17.2. The van der Waals surface area contributed by atoms with Crippen molar-refractivity contribution < 1.29 is 17.7 Å². The summed E-state index contributed by atoms with van der Waals surface area (Å²) in [6, 6.07) is 11.1. The van der Waals surface area contributed by atoms with Gasteiger partial charge in [0, 0.05) is 24.2 Å². The highest BCUT2D eigenvalue weighted by atomic mass is 32.2. The van der Waals surface area contributed by atoms with Crippen molar-refractivity contribution in [2.45, 2.75) is 25.8 Å². The second-order valence-corrected chi connectivity index (χ2v) is 8.19. The predicted molar refractivity (Wildman–Crippen MR) is 90.1 cm³/mol. The largest absolute Gasteiger partial charge is 0.356 e. The summed E-state index contributed by atoms with van der Waals surface area (Å²) in [5.41, 5.74) is 1.45. The number of sulfone groups is 1. The second kappa shape index (κ2) is 6.76. The molecular formula is C17H20N2O4S. The Morgan fingerprint density at radius 1 is 1.33 bits per heavy atom. The summed E-state index contributed by atoms with van der Waals surface area (Å²) >= 11 is 0. The summed E-state index contributed by atoms with van der Waals surface area (Å²) in [5.74, 6) is 0.710. The standard InChI is InChI=1S/C17H20N2O4S/c1-2-19(15-8-9-24(21,22)12-15)17(20)11-14-10-16(23-18-14)13-6-4-3-5-7-13/h3-7,10,15H,2,8-9,11-12H2,1H3. The van der Waals surface area contributed by atoms with Crippen LogP contribution in [0.2, 0.25) is 0 Å². The van der Waals surface area contributed by atoms with E-state index >= 15 is 0 Å². The van der Waals surface area contributed by atoms with E-state index in [2.05, 4.69) is 5.16 Å². The van der Waals surface area contributed by atoms with Crippen LogP contribution in [0.1, 0.15) is 19.0 Å². The summed E-state index contributed by atoms with van der Waals surface area (Å²) in [5, 5.41) is 3.96. The highest BCUT2D eigenvalue weighted by Gasteiger charge is 2.34. The van der Waals surface area contributed by atoms with E-state index in [4.69, 9.17) is 4.52 Å². The summed E-state index contributed by atoms with van der Waals surface area (Å²) in [6.45, 7) is 2.35. The lowest BCUT2D eigenvalue weighted by Gasteiger charge is -2.26. The lowest BCUT2D eigenvalue weighted by atomic mass is 10.1. The zero-order valence-corrected chi connectivity index (χ0v) is 14.3. The first-order valence-electron chi connectivity index (χ1n) is 7.99. The molecule has 0 saturated carbocycles. The minimum atomic E-state index is -3.02. The minimum absolute atomic E-state index is 0.0562. The fraction of sp³-hybridized carbons (Fsp3) is 0.412. The molecule has 1 aromatic carbocycles. The molecule has 3 rings (SSSR count). The van der Waals surface area contributed by atoms with E-state index in [0.29, 0.717) is 24.4 Å². The van der Waals surface area contributed by atoms with E-state index in [1.165, 1.54) is 0 Å². The zero-order valence-electron chi connectivity index (χ0n) is 13.5. The van der Waals surface area contributed by atoms with Gasteiger partial charge in [-0.15, -0.1) is 0 Å². The van der Waals surface area contributed by atoms with Gasteiger partial charge in [-0.2, -0.15) is 0 Å². The predicted octanol–water partition coefficient (Wildman–Crippen LogP) is 1.92. The minimum Gasteiger partial charge on any atom is -0.356 e. The van der Waals surface area contributed by atoms with Gasteiger partial charge in [0.25, 0.3) is 0 Å². The number of carbonyl (C=O) groups excluding carboxylic acids is 1. The molecular weight excluding hydrogens is 328 g/mol. The van der Waals surface area contributed by atoms with Crippen LogP contribution in [0, 0.1) is 0 Å². The van der Waals surface area contributed by atoms with Gasteiger partial charge in [0.05, 0.1) is 23.6 Å². The van der Waals surface area contributed by atoms with Crippen molar-refractivity contribution in [2.24, 2.45) is 0 Å². The quantitative estimate of drug-likeness (QED) is 0.825. The molecule has 1 atom stereocenters. The summed E-state index contributed by atoms with van der Waals surface area (Å²) in [6.07, 6.45) is 0.622. The van der Waals surface area contributed by atoms with Crippen LogP contribution in [0.5, 0.6) is 0 Å². The normalized spacial score (nSPS) is 19.3. The number of benzene rings is 1. The van der Waals surface area contributed by atoms with Gasteiger partial charge in [-0.25, -0.2) is 8.42 Å². The maximum absolute atomic E-state index is 12.5. The smallest absolute Gasteiger partial charge is 0.228 e. The van der Waals surface area contributed by atoms with Crippen molar-refractivity contribution >= 4 is 15.7 Å².